The van der Waals surface area contributed by atoms with Gasteiger partial charge in [0.15, 0.2) is 0 Å². The summed E-state index contributed by atoms with van der Waals surface area (Å²) in [5.74, 6) is 1.000. The van der Waals surface area contributed by atoms with Gasteiger partial charge in [-0.25, -0.2) is 9.97 Å². The average molecular weight is 328 g/mol. The normalized spacial score (nSPS) is 18.5. The van der Waals surface area contributed by atoms with E-state index in [1.807, 2.05) is 19.1 Å². The number of nitrogens with one attached hydrogen (secondary N) is 2. The first-order valence-electron chi connectivity index (χ1n) is 7.75. The number of piperazine rings is 1. The summed E-state index contributed by atoms with van der Waals surface area (Å²) in [7, 11) is 0. The Morgan fingerprint density at radius 2 is 2.04 bits per heavy atom. The molecule has 5 nitrogen and oxygen atoms in total. The van der Waals surface area contributed by atoms with Crippen molar-refractivity contribution in [3.8, 4) is 0 Å². The quantitative estimate of drug-likeness (QED) is 0.759. The molecule has 1 unspecified atom stereocenters. The van der Waals surface area contributed by atoms with Gasteiger partial charge in [0.2, 0.25) is 0 Å². The lowest BCUT2D eigenvalue weighted by Crippen LogP contribution is -2.46. The summed E-state index contributed by atoms with van der Waals surface area (Å²) in [6.07, 6.45) is 1.63. The second-order valence-corrected chi connectivity index (χ2v) is 6.35. The maximum atomic E-state index is 5.99. The van der Waals surface area contributed by atoms with Gasteiger partial charge in [-0.1, -0.05) is 23.7 Å². The van der Waals surface area contributed by atoms with Gasteiger partial charge in [0.1, 0.15) is 17.8 Å². The lowest BCUT2D eigenvalue weighted by molar-refractivity contribution is 0.470. The Labute approximate surface area is 139 Å². The van der Waals surface area contributed by atoms with Crippen LogP contribution < -0.4 is 10.2 Å². The smallest absolute Gasteiger partial charge is 0.143 e. The molecule has 6 heteroatoms. The number of halogens is 1. The highest BCUT2D eigenvalue weighted by atomic mass is 35.5. The van der Waals surface area contributed by atoms with Crippen LogP contribution in [0.3, 0.4) is 0 Å². The Hall–Kier alpha value is -2.11. The van der Waals surface area contributed by atoms with Crippen LogP contribution in [0.5, 0.6) is 0 Å². The van der Waals surface area contributed by atoms with E-state index in [1.54, 1.807) is 6.33 Å². The number of hydrogen-bond donors (Lipinski definition) is 2. The number of benzene rings is 1. The fraction of sp³-hybridized carbons (Fsp3) is 0.294. The van der Waals surface area contributed by atoms with Crippen LogP contribution in [0.1, 0.15) is 17.3 Å². The highest BCUT2D eigenvalue weighted by molar-refractivity contribution is 6.30. The lowest BCUT2D eigenvalue weighted by Gasteiger charge is -2.35. The summed E-state index contributed by atoms with van der Waals surface area (Å²) in [5.41, 5.74) is 3.25. The van der Waals surface area contributed by atoms with E-state index in [1.165, 1.54) is 5.56 Å². The van der Waals surface area contributed by atoms with Crippen molar-refractivity contribution in [2.75, 3.05) is 24.5 Å². The molecule has 0 amide bonds. The maximum absolute atomic E-state index is 5.99. The van der Waals surface area contributed by atoms with Crippen molar-refractivity contribution in [2.24, 2.45) is 0 Å². The fourth-order valence-corrected chi connectivity index (χ4v) is 3.30. The number of nitrogens with zero attached hydrogens (tertiary/aromatic N) is 3. The molecule has 1 atom stereocenters. The van der Waals surface area contributed by atoms with Gasteiger partial charge in [0, 0.05) is 36.4 Å². The topological polar surface area (TPSA) is 56.8 Å². The molecule has 1 aliphatic heterocycles. The molecule has 2 N–H and O–H groups in total. The first kappa shape index (κ1) is 14.5. The van der Waals surface area contributed by atoms with Gasteiger partial charge in [-0.15, -0.1) is 0 Å². The number of aromatic nitrogens is 3. The molecule has 118 valence electrons. The molecule has 3 aromatic rings. The third-order valence-corrected chi connectivity index (χ3v) is 4.54. The molecule has 23 heavy (non-hydrogen) atoms. The van der Waals surface area contributed by atoms with E-state index in [-0.39, 0.29) is 6.04 Å². The Morgan fingerprint density at radius 3 is 2.87 bits per heavy atom. The highest BCUT2D eigenvalue weighted by Gasteiger charge is 2.23. The first-order valence-corrected chi connectivity index (χ1v) is 8.12. The van der Waals surface area contributed by atoms with Crippen molar-refractivity contribution in [2.45, 2.75) is 13.0 Å². The third-order valence-electron chi connectivity index (χ3n) is 4.29. The molecule has 1 fully saturated rings. The molecule has 1 aromatic carbocycles. The number of aromatic amines is 1. The third kappa shape index (κ3) is 2.78. The van der Waals surface area contributed by atoms with Crippen LogP contribution in [0.15, 0.2) is 36.7 Å². The predicted molar refractivity (Wildman–Crippen MR) is 93.0 cm³/mol. The molecule has 0 spiro atoms. The van der Waals surface area contributed by atoms with Crippen molar-refractivity contribution < 1.29 is 0 Å². The van der Waals surface area contributed by atoms with Gasteiger partial charge in [0.25, 0.3) is 0 Å². The number of anilines is 1. The minimum absolute atomic E-state index is 0.270. The highest BCUT2D eigenvalue weighted by Crippen LogP contribution is 2.27. The summed E-state index contributed by atoms with van der Waals surface area (Å²) in [4.78, 5) is 14.5. The molecular weight excluding hydrogens is 310 g/mol. The van der Waals surface area contributed by atoms with Crippen LogP contribution in [0.4, 0.5) is 5.82 Å². The van der Waals surface area contributed by atoms with Crippen molar-refractivity contribution in [1.29, 1.82) is 0 Å². The average Bonchev–Trinajstić information content (AvgIpc) is 2.95. The fourth-order valence-electron chi connectivity index (χ4n) is 3.17. The zero-order chi connectivity index (χ0) is 15.8. The summed E-state index contributed by atoms with van der Waals surface area (Å²) in [6.45, 7) is 4.76. The molecule has 0 bridgehead atoms. The molecule has 3 heterocycles. The molecule has 4 rings (SSSR count). The molecule has 0 saturated carbocycles. The van der Waals surface area contributed by atoms with Crippen LogP contribution in [-0.2, 0) is 0 Å². The van der Waals surface area contributed by atoms with Crippen molar-refractivity contribution in [3.05, 3.63) is 52.9 Å². The number of aryl methyl sites for hydroxylation is 1. The predicted octanol–water partition coefficient (Wildman–Crippen LogP) is 3.07. The summed E-state index contributed by atoms with van der Waals surface area (Å²) in [6, 6.07) is 10.4. The summed E-state index contributed by atoms with van der Waals surface area (Å²) >= 11 is 5.99. The van der Waals surface area contributed by atoms with Gasteiger partial charge in [-0.3, -0.25) is 0 Å². The number of rotatable bonds is 2. The zero-order valence-electron chi connectivity index (χ0n) is 12.9. The van der Waals surface area contributed by atoms with Crippen LogP contribution in [-0.4, -0.2) is 34.6 Å². The number of fused-ring (bicyclic) bond motifs is 1. The maximum Gasteiger partial charge on any atom is 0.143 e. The number of hydrogen-bond acceptors (Lipinski definition) is 4. The van der Waals surface area contributed by atoms with E-state index in [0.29, 0.717) is 0 Å². The van der Waals surface area contributed by atoms with Crippen molar-refractivity contribution >= 4 is 28.5 Å². The summed E-state index contributed by atoms with van der Waals surface area (Å²) < 4.78 is 0. The minimum atomic E-state index is 0.270. The van der Waals surface area contributed by atoms with Crippen LogP contribution >= 0.6 is 11.6 Å². The van der Waals surface area contributed by atoms with E-state index in [9.17, 15) is 0 Å². The van der Waals surface area contributed by atoms with Crippen LogP contribution in [0, 0.1) is 6.92 Å². The minimum Gasteiger partial charge on any atom is -0.353 e. The summed E-state index contributed by atoms with van der Waals surface area (Å²) in [5, 5.41) is 5.42. The Morgan fingerprint density at radius 1 is 1.22 bits per heavy atom. The van der Waals surface area contributed by atoms with Gasteiger partial charge >= 0.3 is 0 Å². The molecule has 2 aromatic heterocycles. The van der Waals surface area contributed by atoms with Gasteiger partial charge in [-0.05, 0) is 30.7 Å². The molecular formula is C17H18ClN5. The molecule has 0 aliphatic carbocycles. The largest absolute Gasteiger partial charge is 0.353 e. The Kier molecular flexibility index (Phi) is 3.67. The monoisotopic (exact) mass is 327 g/mol. The molecule has 1 saturated heterocycles. The van der Waals surface area contributed by atoms with Gasteiger partial charge < -0.3 is 15.2 Å². The molecule has 1 aliphatic rings. The SMILES string of the molecule is Cc1cc2c(N3CCNC(c4ccc(Cl)cc4)C3)ncnc2[nH]1. The van der Waals surface area contributed by atoms with Crippen LogP contribution in [0.25, 0.3) is 11.0 Å². The van der Waals surface area contributed by atoms with E-state index < -0.39 is 0 Å². The van der Waals surface area contributed by atoms with E-state index >= 15 is 0 Å². The van der Waals surface area contributed by atoms with Crippen molar-refractivity contribution in [3.63, 3.8) is 0 Å². The second kappa shape index (κ2) is 5.83. The van der Waals surface area contributed by atoms with Crippen molar-refractivity contribution in [1.82, 2.24) is 20.3 Å². The van der Waals surface area contributed by atoms with E-state index in [0.717, 1.165) is 47.2 Å². The second-order valence-electron chi connectivity index (χ2n) is 5.92. The van der Waals surface area contributed by atoms with Gasteiger partial charge in [0.05, 0.1) is 5.39 Å². The van der Waals surface area contributed by atoms with E-state index in [2.05, 4.69) is 43.4 Å². The number of H-pyrrole nitrogens is 1. The van der Waals surface area contributed by atoms with E-state index in [4.69, 9.17) is 11.6 Å². The Bertz CT molecular complexity index is 827. The van der Waals surface area contributed by atoms with Gasteiger partial charge in [-0.2, -0.15) is 0 Å². The molecule has 0 radical (unpaired) electrons. The standard InChI is InChI=1S/C17H18ClN5/c1-11-8-14-16(22-11)20-10-21-17(14)23-7-6-19-15(9-23)12-2-4-13(18)5-3-12/h2-5,8,10,15,19H,6-7,9H2,1H3,(H,20,21,22). The Balaban J connectivity index is 1.65. The first-order chi connectivity index (χ1) is 11.2. The van der Waals surface area contributed by atoms with Crippen LogP contribution in [0.2, 0.25) is 5.02 Å². The lowest BCUT2D eigenvalue weighted by atomic mass is 10.0. The zero-order valence-corrected chi connectivity index (χ0v) is 13.6.